The summed E-state index contributed by atoms with van der Waals surface area (Å²) >= 11 is 3.15. The standard InChI is InChI=1S/2C7H9.3ClH.2Zr.3H/c2*1-6-4-3-5-7(6)2;;;;;;;;/h2*4H,5H2,1-2H3;3*1H;;;;;/q;;;;;2*+3;3*-1/p-3. The van der Waals surface area contributed by atoms with Gasteiger partial charge in [-0.15, -0.1) is 0 Å². The van der Waals surface area contributed by atoms with E-state index in [1.165, 1.54) is 24.0 Å². The molecular formula is C14H21Cl3Zr2. The summed E-state index contributed by atoms with van der Waals surface area (Å²) in [6.45, 7) is 8.80. The molecule has 0 aromatic rings. The Balaban J connectivity index is -0.0000000457. The van der Waals surface area contributed by atoms with Crippen LogP contribution in [0.4, 0.5) is 0 Å². The van der Waals surface area contributed by atoms with Crippen molar-refractivity contribution in [1.29, 1.82) is 0 Å². The average molecular weight is 478 g/mol. The Bertz CT molecular complexity index is 391. The van der Waals surface area contributed by atoms with Crippen molar-refractivity contribution >= 4 is 0 Å². The summed E-state index contributed by atoms with van der Waals surface area (Å²) in [7, 11) is 0. The molecule has 0 bridgehead atoms. The molecule has 5 heteroatoms. The molecule has 0 spiro atoms. The maximum atomic E-state index is 2.30. The summed E-state index contributed by atoms with van der Waals surface area (Å²) in [6.07, 6.45) is 7.08. The van der Waals surface area contributed by atoms with Crippen LogP contribution in [0.3, 0.4) is 0 Å². The van der Waals surface area contributed by atoms with Gasteiger partial charge in [0.1, 0.15) is 0 Å². The van der Waals surface area contributed by atoms with E-state index >= 15 is 0 Å². The fraction of sp³-hybridized carbons (Fsp3) is 0.429. The van der Waals surface area contributed by atoms with Crippen LogP contribution in [0.1, 0.15) is 44.8 Å². The Hall–Kier alpha value is 1.60. The fourth-order valence-corrected chi connectivity index (χ4v) is 4.09. The summed E-state index contributed by atoms with van der Waals surface area (Å²) in [5.41, 5.74) is 6.07. The molecular weight excluding hydrogens is 457 g/mol. The van der Waals surface area contributed by atoms with Gasteiger partial charge in [-0.3, -0.25) is 0 Å². The van der Waals surface area contributed by atoms with Crippen molar-refractivity contribution in [3.05, 3.63) is 41.0 Å². The summed E-state index contributed by atoms with van der Waals surface area (Å²) in [5, 5.41) is 0. The Kier molecular flexibility index (Phi) is 16.4. The van der Waals surface area contributed by atoms with Gasteiger partial charge in [0.2, 0.25) is 0 Å². The van der Waals surface area contributed by atoms with Crippen LogP contribution in [0, 0.1) is 0 Å². The van der Waals surface area contributed by atoms with Gasteiger partial charge >= 0.3 is 131 Å². The van der Waals surface area contributed by atoms with E-state index in [9.17, 15) is 0 Å². The molecule has 0 N–H and O–H groups in total. The van der Waals surface area contributed by atoms with Gasteiger partial charge in [-0.05, 0) is 0 Å². The molecule has 0 aromatic heterocycles. The summed E-state index contributed by atoms with van der Waals surface area (Å²) in [4.78, 5) is 0. The predicted octanol–water partition coefficient (Wildman–Crippen LogP) is -4.34. The van der Waals surface area contributed by atoms with Crippen LogP contribution in [0.5, 0.6) is 0 Å². The van der Waals surface area contributed by atoms with E-state index < -0.39 is 0 Å². The SMILES string of the molecule is CC1=C(C)C[C]([Zr+3])=C1.CC1=C(C)C[C]([Zr+3])=C1.[Cl-].[Cl-].[Cl-].[H-].[H-].[H-]. The summed E-state index contributed by atoms with van der Waals surface area (Å²) in [5.74, 6) is 0. The molecule has 0 aromatic carbocycles. The van der Waals surface area contributed by atoms with Crippen molar-refractivity contribution < 1.29 is 90.9 Å². The first kappa shape index (κ1) is 25.5. The van der Waals surface area contributed by atoms with Crippen LogP contribution in [-0.4, -0.2) is 0 Å². The molecule has 2 aliphatic rings. The van der Waals surface area contributed by atoms with Gasteiger partial charge in [-0.2, -0.15) is 0 Å². The zero-order valence-electron chi connectivity index (χ0n) is 14.7. The molecule has 0 unspecified atom stereocenters. The van der Waals surface area contributed by atoms with Gasteiger partial charge in [0.05, 0.1) is 0 Å². The molecule has 2 rings (SSSR count). The normalized spacial score (nSPS) is 16.6. The van der Waals surface area contributed by atoms with Crippen LogP contribution < -0.4 is 37.2 Å². The number of hydrogen-bond donors (Lipinski definition) is 0. The monoisotopic (exact) mass is 474 g/mol. The van der Waals surface area contributed by atoms with E-state index in [4.69, 9.17) is 0 Å². The van der Waals surface area contributed by atoms with E-state index in [0.717, 1.165) is 0 Å². The smallest absolute Gasteiger partial charge is 1.00 e. The molecule has 0 saturated heterocycles. The molecule has 0 aliphatic heterocycles. The molecule has 0 radical (unpaired) electrons. The second kappa shape index (κ2) is 12.2. The topological polar surface area (TPSA) is 0 Å². The van der Waals surface area contributed by atoms with Gasteiger partial charge in [-0.25, -0.2) is 0 Å². The third kappa shape index (κ3) is 9.26. The zero-order valence-corrected chi connectivity index (χ0v) is 18.9. The molecule has 0 heterocycles. The van der Waals surface area contributed by atoms with E-state index in [-0.39, 0.29) is 41.5 Å². The van der Waals surface area contributed by atoms with Gasteiger partial charge in [-0.1, -0.05) is 0 Å². The number of rotatable bonds is 0. The van der Waals surface area contributed by atoms with Gasteiger partial charge < -0.3 is 41.5 Å². The molecule has 0 fully saturated rings. The fourth-order valence-electron chi connectivity index (χ4n) is 1.72. The van der Waals surface area contributed by atoms with Gasteiger partial charge in [0, 0.05) is 0 Å². The van der Waals surface area contributed by atoms with Crippen molar-refractivity contribution in [2.75, 3.05) is 0 Å². The van der Waals surface area contributed by atoms with E-state index in [0.29, 0.717) is 0 Å². The summed E-state index contributed by atoms with van der Waals surface area (Å²) < 4.78 is 3.18. The molecule has 0 saturated carbocycles. The Morgan fingerprint density at radius 2 is 1.00 bits per heavy atom. The van der Waals surface area contributed by atoms with E-state index in [1.54, 1.807) is 67.1 Å². The first-order valence-corrected chi connectivity index (χ1v) is 8.03. The van der Waals surface area contributed by atoms with Gasteiger partial charge in [0.15, 0.2) is 0 Å². The number of hydrogen-bond acceptors (Lipinski definition) is 0. The zero-order chi connectivity index (χ0) is 12.3. The maximum absolute atomic E-state index is 2.30. The number of halogens is 3. The quantitative estimate of drug-likeness (QED) is 0.331. The molecule has 19 heavy (non-hydrogen) atoms. The van der Waals surface area contributed by atoms with Crippen molar-refractivity contribution in [2.45, 2.75) is 40.5 Å². The third-order valence-corrected chi connectivity index (χ3v) is 4.62. The minimum absolute atomic E-state index is 0. The average Bonchev–Trinajstić information content (AvgIpc) is 2.58. The van der Waals surface area contributed by atoms with Crippen LogP contribution in [0.2, 0.25) is 0 Å². The third-order valence-electron chi connectivity index (χ3n) is 3.04. The predicted molar refractivity (Wildman–Crippen MR) is 65.5 cm³/mol. The van der Waals surface area contributed by atoms with Gasteiger partial charge in [0.25, 0.3) is 0 Å². The Labute approximate surface area is 171 Å². The minimum Gasteiger partial charge on any atom is -1.00 e. The molecule has 2 aliphatic carbocycles. The largest absolute Gasteiger partial charge is 1.00 e. The minimum atomic E-state index is 0. The number of allylic oxidation sites excluding steroid dienone is 8. The van der Waals surface area contributed by atoms with Crippen molar-refractivity contribution in [2.24, 2.45) is 0 Å². The Morgan fingerprint density at radius 1 is 0.737 bits per heavy atom. The first-order chi connectivity index (χ1) is 7.40. The first-order valence-electron chi connectivity index (χ1n) is 5.57. The van der Waals surface area contributed by atoms with Crippen LogP contribution in [0.15, 0.2) is 41.0 Å². The van der Waals surface area contributed by atoms with Crippen LogP contribution >= 0.6 is 0 Å². The maximum Gasteiger partial charge on any atom is -1.00 e. The summed E-state index contributed by atoms with van der Waals surface area (Å²) in [6, 6.07) is 0. The van der Waals surface area contributed by atoms with Crippen molar-refractivity contribution in [3.63, 3.8) is 0 Å². The van der Waals surface area contributed by atoms with E-state index in [2.05, 4.69) is 39.8 Å². The molecule has 106 valence electrons. The Morgan fingerprint density at radius 3 is 1.05 bits per heavy atom. The molecule has 0 nitrogen and oxygen atoms in total. The van der Waals surface area contributed by atoms with Crippen molar-refractivity contribution in [3.8, 4) is 0 Å². The second-order valence-electron chi connectivity index (χ2n) is 4.62. The molecule has 0 atom stereocenters. The van der Waals surface area contributed by atoms with Crippen LogP contribution in [-0.2, 0) is 49.4 Å². The van der Waals surface area contributed by atoms with Crippen LogP contribution in [0.25, 0.3) is 0 Å². The second-order valence-corrected chi connectivity index (χ2v) is 7.78. The van der Waals surface area contributed by atoms with E-state index in [1.807, 2.05) is 0 Å². The van der Waals surface area contributed by atoms with Crippen molar-refractivity contribution in [1.82, 2.24) is 0 Å². The molecule has 0 amide bonds.